The summed E-state index contributed by atoms with van der Waals surface area (Å²) in [6.45, 7) is 5.17. The predicted octanol–water partition coefficient (Wildman–Crippen LogP) is 3.12. The molecule has 26 heavy (non-hydrogen) atoms. The molecule has 1 aromatic heterocycles. The summed E-state index contributed by atoms with van der Waals surface area (Å²) >= 11 is 0. The van der Waals surface area contributed by atoms with E-state index in [-0.39, 0.29) is 5.91 Å². The first-order chi connectivity index (χ1) is 12.6. The molecule has 4 rings (SSSR count). The highest BCUT2D eigenvalue weighted by Gasteiger charge is 2.26. The third kappa shape index (κ3) is 3.28. The second-order valence-electron chi connectivity index (χ2n) is 7.25. The minimum absolute atomic E-state index is 0.0621. The third-order valence-electron chi connectivity index (χ3n) is 5.15. The summed E-state index contributed by atoms with van der Waals surface area (Å²) in [5.41, 5.74) is 2.23. The monoisotopic (exact) mass is 355 g/mol. The second-order valence-corrected chi connectivity index (χ2v) is 7.25. The number of carbonyl (C=O) groups excluding carboxylic acids is 1. The van der Waals surface area contributed by atoms with Gasteiger partial charge in [-0.25, -0.2) is 0 Å². The number of piperidine rings is 1. The fourth-order valence-electron chi connectivity index (χ4n) is 3.55. The van der Waals surface area contributed by atoms with Crippen LogP contribution in [0, 0.1) is 5.92 Å². The van der Waals surface area contributed by atoms with Crippen LogP contribution >= 0.6 is 0 Å². The van der Waals surface area contributed by atoms with Crippen LogP contribution < -0.4 is 9.47 Å². The SMILES string of the molecule is CC1CCN(C(=O)c2cn(C)nc2-c2ccc3c(c2)OCCCO3)CC1. The van der Waals surface area contributed by atoms with Gasteiger partial charge in [-0.15, -0.1) is 0 Å². The molecule has 0 N–H and O–H groups in total. The number of carbonyl (C=O) groups is 1. The van der Waals surface area contributed by atoms with Crippen LogP contribution in [0.15, 0.2) is 24.4 Å². The lowest BCUT2D eigenvalue weighted by molar-refractivity contribution is 0.0698. The third-order valence-corrected chi connectivity index (χ3v) is 5.15. The number of rotatable bonds is 2. The van der Waals surface area contributed by atoms with E-state index in [4.69, 9.17) is 9.47 Å². The Labute approximate surface area is 153 Å². The van der Waals surface area contributed by atoms with E-state index in [1.165, 1.54) is 0 Å². The molecule has 138 valence electrons. The topological polar surface area (TPSA) is 56.6 Å². The molecule has 0 atom stereocenters. The Morgan fingerprint density at radius 2 is 1.88 bits per heavy atom. The Bertz CT molecular complexity index is 807. The normalized spacial score (nSPS) is 17.8. The van der Waals surface area contributed by atoms with Crippen LogP contribution in [-0.4, -0.2) is 46.9 Å². The standard InChI is InChI=1S/C20H25N3O3/c1-14-6-8-23(9-7-14)20(24)16-13-22(2)21-19(16)15-4-5-17-18(12-15)26-11-3-10-25-17/h4-5,12-14H,3,6-11H2,1-2H3. The summed E-state index contributed by atoms with van der Waals surface area (Å²) in [5, 5.41) is 4.56. The Kier molecular flexibility index (Phi) is 4.57. The van der Waals surface area contributed by atoms with Crippen molar-refractivity contribution >= 4 is 5.91 Å². The molecule has 0 bridgehead atoms. The van der Waals surface area contributed by atoms with Crippen molar-refractivity contribution in [2.45, 2.75) is 26.2 Å². The highest BCUT2D eigenvalue weighted by atomic mass is 16.5. The van der Waals surface area contributed by atoms with Crippen molar-refractivity contribution in [1.82, 2.24) is 14.7 Å². The van der Waals surface area contributed by atoms with Crippen molar-refractivity contribution in [2.75, 3.05) is 26.3 Å². The molecule has 6 heteroatoms. The van der Waals surface area contributed by atoms with Crippen molar-refractivity contribution in [1.29, 1.82) is 0 Å². The van der Waals surface area contributed by atoms with E-state index in [2.05, 4.69) is 12.0 Å². The molecule has 0 saturated carbocycles. The molecule has 0 spiro atoms. The number of aromatic nitrogens is 2. The van der Waals surface area contributed by atoms with Crippen LogP contribution in [0.2, 0.25) is 0 Å². The van der Waals surface area contributed by atoms with Gasteiger partial charge in [0.15, 0.2) is 11.5 Å². The van der Waals surface area contributed by atoms with Crippen molar-refractivity contribution in [3.05, 3.63) is 30.0 Å². The van der Waals surface area contributed by atoms with Gasteiger partial charge in [-0.1, -0.05) is 6.92 Å². The lowest BCUT2D eigenvalue weighted by Gasteiger charge is -2.30. The molecule has 2 aromatic rings. The minimum Gasteiger partial charge on any atom is -0.490 e. The molecular weight excluding hydrogens is 330 g/mol. The number of ether oxygens (including phenoxy) is 2. The van der Waals surface area contributed by atoms with Crippen LogP contribution in [0.25, 0.3) is 11.3 Å². The lowest BCUT2D eigenvalue weighted by atomic mass is 9.98. The fourth-order valence-corrected chi connectivity index (χ4v) is 3.55. The zero-order valence-electron chi connectivity index (χ0n) is 15.4. The van der Waals surface area contributed by atoms with Gasteiger partial charge >= 0.3 is 0 Å². The zero-order chi connectivity index (χ0) is 18.1. The second kappa shape index (κ2) is 7.02. The summed E-state index contributed by atoms with van der Waals surface area (Å²) in [5.74, 6) is 2.22. The molecule has 1 saturated heterocycles. The van der Waals surface area contributed by atoms with E-state index in [0.29, 0.717) is 30.4 Å². The Hall–Kier alpha value is -2.50. The van der Waals surface area contributed by atoms with E-state index in [1.54, 1.807) is 4.68 Å². The van der Waals surface area contributed by atoms with E-state index < -0.39 is 0 Å². The summed E-state index contributed by atoms with van der Waals surface area (Å²) in [7, 11) is 1.85. The summed E-state index contributed by atoms with van der Waals surface area (Å²) in [4.78, 5) is 15.0. The molecule has 0 unspecified atom stereocenters. The maximum absolute atomic E-state index is 13.1. The van der Waals surface area contributed by atoms with Gasteiger partial charge < -0.3 is 14.4 Å². The zero-order valence-corrected chi connectivity index (χ0v) is 15.4. The first-order valence-corrected chi connectivity index (χ1v) is 9.35. The van der Waals surface area contributed by atoms with Crippen LogP contribution in [0.1, 0.15) is 36.5 Å². The molecule has 1 fully saturated rings. The molecule has 1 amide bonds. The first-order valence-electron chi connectivity index (χ1n) is 9.35. The molecule has 0 aliphatic carbocycles. The highest BCUT2D eigenvalue weighted by molar-refractivity contribution is 6.00. The number of hydrogen-bond acceptors (Lipinski definition) is 4. The van der Waals surface area contributed by atoms with Crippen molar-refractivity contribution in [2.24, 2.45) is 13.0 Å². The Morgan fingerprint density at radius 1 is 1.15 bits per heavy atom. The molecule has 2 aliphatic heterocycles. The maximum atomic E-state index is 13.1. The Balaban J connectivity index is 1.65. The van der Waals surface area contributed by atoms with Gasteiger partial charge in [0, 0.05) is 38.3 Å². The van der Waals surface area contributed by atoms with E-state index in [0.717, 1.165) is 49.4 Å². The van der Waals surface area contributed by atoms with Crippen molar-refractivity contribution in [3.8, 4) is 22.8 Å². The van der Waals surface area contributed by atoms with Crippen LogP contribution in [0.3, 0.4) is 0 Å². The number of fused-ring (bicyclic) bond motifs is 1. The molecule has 6 nitrogen and oxygen atoms in total. The molecular formula is C20H25N3O3. The Morgan fingerprint density at radius 3 is 2.65 bits per heavy atom. The predicted molar refractivity (Wildman–Crippen MR) is 98.6 cm³/mol. The van der Waals surface area contributed by atoms with Gasteiger partial charge in [-0.05, 0) is 37.0 Å². The number of aryl methyl sites for hydroxylation is 1. The van der Waals surface area contributed by atoms with Gasteiger partial charge in [0.25, 0.3) is 5.91 Å². The van der Waals surface area contributed by atoms with Gasteiger partial charge in [-0.2, -0.15) is 5.10 Å². The van der Waals surface area contributed by atoms with Crippen LogP contribution in [0.5, 0.6) is 11.5 Å². The number of nitrogens with zero attached hydrogens (tertiary/aromatic N) is 3. The van der Waals surface area contributed by atoms with Crippen LogP contribution in [0.4, 0.5) is 0 Å². The first kappa shape index (κ1) is 16.9. The number of benzene rings is 1. The number of likely N-dealkylation sites (tertiary alicyclic amines) is 1. The maximum Gasteiger partial charge on any atom is 0.257 e. The van der Waals surface area contributed by atoms with Gasteiger partial charge in [0.1, 0.15) is 5.69 Å². The van der Waals surface area contributed by atoms with Gasteiger partial charge in [-0.3, -0.25) is 9.48 Å². The lowest BCUT2D eigenvalue weighted by Crippen LogP contribution is -2.38. The summed E-state index contributed by atoms with van der Waals surface area (Å²) in [6, 6.07) is 5.78. The summed E-state index contributed by atoms with van der Waals surface area (Å²) < 4.78 is 13.2. The fraction of sp³-hybridized carbons (Fsp3) is 0.500. The van der Waals surface area contributed by atoms with Crippen LogP contribution in [-0.2, 0) is 7.05 Å². The molecule has 0 radical (unpaired) electrons. The average molecular weight is 355 g/mol. The van der Waals surface area contributed by atoms with Crippen molar-refractivity contribution in [3.63, 3.8) is 0 Å². The molecule has 2 aliphatic rings. The van der Waals surface area contributed by atoms with E-state index >= 15 is 0 Å². The quantitative estimate of drug-likeness (QED) is 0.831. The van der Waals surface area contributed by atoms with E-state index in [9.17, 15) is 4.79 Å². The van der Waals surface area contributed by atoms with E-state index in [1.807, 2.05) is 36.3 Å². The molecule has 3 heterocycles. The van der Waals surface area contributed by atoms with Gasteiger partial charge in [0.05, 0.1) is 18.8 Å². The molecule has 1 aromatic carbocycles. The number of hydrogen-bond donors (Lipinski definition) is 0. The number of amides is 1. The van der Waals surface area contributed by atoms with Crippen molar-refractivity contribution < 1.29 is 14.3 Å². The minimum atomic E-state index is 0.0621. The summed E-state index contributed by atoms with van der Waals surface area (Å²) in [6.07, 6.45) is 4.81. The highest BCUT2D eigenvalue weighted by Crippen LogP contribution is 2.35. The average Bonchev–Trinajstić information content (AvgIpc) is 2.88. The van der Waals surface area contributed by atoms with Gasteiger partial charge in [0.2, 0.25) is 0 Å². The smallest absolute Gasteiger partial charge is 0.257 e. The largest absolute Gasteiger partial charge is 0.490 e.